The lowest BCUT2D eigenvalue weighted by atomic mass is 9.76. The van der Waals surface area contributed by atoms with Gasteiger partial charge in [-0.05, 0) is 30.6 Å². The Labute approximate surface area is 175 Å². The molecule has 0 aromatic heterocycles. The molecule has 0 bridgehead atoms. The van der Waals surface area contributed by atoms with Gasteiger partial charge in [0.25, 0.3) is 0 Å². The second-order valence-corrected chi connectivity index (χ2v) is 8.02. The van der Waals surface area contributed by atoms with Gasteiger partial charge in [-0.25, -0.2) is 9.78 Å². The van der Waals surface area contributed by atoms with Crippen LogP contribution in [-0.4, -0.2) is 68.5 Å². The number of hydrogen-bond donors (Lipinski definition) is 4. The van der Waals surface area contributed by atoms with Crippen LogP contribution in [0.2, 0.25) is 0 Å². The molecule has 2 unspecified atom stereocenters. The molecule has 0 heterocycles. The molecule has 174 valence electrons. The van der Waals surface area contributed by atoms with E-state index in [2.05, 4.69) is 38.5 Å². The van der Waals surface area contributed by atoms with Crippen molar-refractivity contribution < 1.29 is 34.4 Å². The van der Waals surface area contributed by atoms with Crippen LogP contribution in [0.25, 0.3) is 0 Å². The van der Waals surface area contributed by atoms with E-state index in [1.807, 2.05) is 0 Å². The Balaban J connectivity index is 4.40. The predicted molar refractivity (Wildman–Crippen MR) is 110 cm³/mol. The van der Waals surface area contributed by atoms with Crippen LogP contribution in [-0.2, 0) is 24.1 Å². The van der Waals surface area contributed by atoms with Gasteiger partial charge in [-0.1, -0.05) is 34.1 Å². The van der Waals surface area contributed by atoms with Crippen molar-refractivity contribution in [2.24, 2.45) is 11.3 Å². The average Bonchev–Trinajstić information content (AvgIpc) is 2.65. The fourth-order valence-corrected chi connectivity index (χ4v) is 2.95. The summed E-state index contributed by atoms with van der Waals surface area (Å²) < 4.78 is 5.25. The molecular weight excluding hydrogens is 380 g/mol. The number of hydrogen-bond acceptors (Lipinski definition) is 9. The lowest BCUT2D eigenvalue weighted by Crippen LogP contribution is -2.48. The molecule has 0 fully saturated rings. The first-order valence-electron chi connectivity index (χ1n) is 10.6. The zero-order valence-corrected chi connectivity index (χ0v) is 18.6. The van der Waals surface area contributed by atoms with E-state index in [0.29, 0.717) is 32.6 Å². The zero-order chi connectivity index (χ0) is 22.0. The number of ether oxygens (including phenoxy) is 1. The van der Waals surface area contributed by atoms with Gasteiger partial charge >= 0.3 is 5.97 Å². The molecule has 9 heteroatoms. The van der Waals surface area contributed by atoms with Crippen molar-refractivity contribution in [1.29, 1.82) is 0 Å². The summed E-state index contributed by atoms with van der Waals surface area (Å²) in [5.74, 6) is -0.460. The zero-order valence-electron chi connectivity index (χ0n) is 18.6. The Morgan fingerprint density at radius 1 is 1.03 bits per heavy atom. The van der Waals surface area contributed by atoms with E-state index in [1.54, 1.807) is 0 Å². The van der Waals surface area contributed by atoms with Crippen molar-refractivity contribution >= 4 is 5.97 Å². The van der Waals surface area contributed by atoms with Gasteiger partial charge in [-0.3, -0.25) is 10.1 Å². The number of rotatable bonds is 19. The van der Waals surface area contributed by atoms with Crippen molar-refractivity contribution in [3.63, 3.8) is 0 Å². The monoisotopic (exact) mass is 422 g/mol. The Morgan fingerprint density at radius 2 is 1.79 bits per heavy atom. The molecule has 0 aliphatic heterocycles. The summed E-state index contributed by atoms with van der Waals surface area (Å²) in [6.45, 7) is 10.3. The third-order valence-electron chi connectivity index (χ3n) is 4.35. The van der Waals surface area contributed by atoms with E-state index in [-0.39, 0.29) is 56.3 Å². The number of carbonyl (C=O) groups excluding carboxylic acids is 1. The SMILES string of the molecule is CCCCNOC(=O)CC(CCO)C(NCOOCCOCCCO)C(C)(C)C. The predicted octanol–water partition coefficient (Wildman–Crippen LogP) is 1.53. The van der Waals surface area contributed by atoms with Gasteiger partial charge in [0.1, 0.15) is 13.3 Å². The molecule has 0 aromatic rings. The second-order valence-electron chi connectivity index (χ2n) is 8.02. The molecule has 0 amide bonds. The van der Waals surface area contributed by atoms with E-state index in [9.17, 15) is 9.90 Å². The van der Waals surface area contributed by atoms with Gasteiger partial charge in [-0.15, -0.1) is 0 Å². The van der Waals surface area contributed by atoms with Crippen LogP contribution in [0.1, 0.15) is 59.8 Å². The summed E-state index contributed by atoms with van der Waals surface area (Å²) in [7, 11) is 0. The maximum absolute atomic E-state index is 12.2. The molecule has 0 spiro atoms. The summed E-state index contributed by atoms with van der Waals surface area (Å²) in [6.07, 6.45) is 3.21. The van der Waals surface area contributed by atoms with E-state index >= 15 is 0 Å². The van der Waals surface area contributed by atoms with E-state index in [1.165, 1.54) is 0 Å². The molecule has 0 radical (unpaired) electrons. The van der Waals surface area contributed by atoms with Crippen LogP contribution in [0.3, 0.4) is 0 Å². The average molecular weight is 423 g/mol. The van der Waals surface area contributed by atoms with Crippen LogP contribution in [0.4, 0.5) is 0 Å². The normalized spacial score (nSPS) is 14.0. The molecule has 0 aromatic carbocycles. The van der Waals surface area contributed by atoms with Crippen LogP contribution in [0.15, 0.2) is 0 Å². The van der Waals surface area contributed by atoms with E-state index in [0.717, 1.165) is 12.8 Å². The molecule has 4 N–H and O–H groups in total. The van der Waals surface area contributed by atoms with Crippen LogP contribution in [0, 0.1) is 11.3 Å². The Hall–Kier alpha value is -0.810. The molecular formula is C20H42N2O7. The fraction of sp³-hybridized carbons (Fsp3) is 0.950. The van der Waals surface area contributed by atoms with Gasteiger partial charge in [0.15, 0.2) is 0 Å². The van der Waals surface area contributed by atoms with Crippen molar-refractivity contribution in [2.75, 3.05) is 46.3 Å². The van der Waals surface area contributed by atoms with Crippen molar-refractivity contribution in [3.05, 3.63) is 0 Å². The maximum Gasteiger partial charge on any atom is 0.325 e. The molecule has 29 heavy (non-hydrogen) atoms. The number of hydroxylamine groups is 1. The summed E-state index contributed by atoms with van der Waals surface area (Å²) >= 11 is 0. The lowest BCUT2D eigenvalue weighted by molar-refractivity contribution is -0.305. The number of nitrogens with one attached hydrogen (secondary N) is 2. The quantitative estimate of drug-likeness (QED) is 0.106. The first kappa shape index (κ1) is 28.2. The van der Waals surface area contributed by atoms with Crippen molar-refractivity contribution in [3.8, 4) is 0 Å². The Morgan fingerprint density at radius 3 is 2.41 bits per heavy atom. The van der Waals surface area contributed by atoms with E-state index < -0.39 is 0 Å². The third kappa shape index (κ3) is 15.7. The van der Waals surface area contributed by atoms with Crippen LogP contribution >= 0.6 is 0 Å². The molecule has 0 aliphatic carbocycles. The Kier molecular flexibility index (Phi) is 17.5. The topological polar surface area (TPSA) is 119 Å². The smallest absolute Gasteiger partial charge is 0.325 e. The maximum atomic E-state index is 12.2. The highest BCUT2D eigenvalue weighted by molar-refractivity contribution is 5.69. The Bertz CT molecular complexity index is 392. The van der Waals surface area contributed by atoms with Gasteiger partial charge < -0.3 is 19.8 Å². The largest absolute Gasteiger partial charge is 0.396 e. The molecule has 0 saturated heterocycles. The minimum atomic E-state index is -0.340. The molecule has 9 nitrogen and oxygen atoms in total. The van der Waals surface area contributed by atoms with Gasteiger partial charge in [0.05, 0.1) is 13.0 Å². The second kappa shape index (κ2) is 18.0. The van der Waals surface area contributed by atoms with Gasteiger partial charge in [-0.2, -0.15) is 5.48 Å². The first-order valence-corrected chi connectivity index (χ1v) is 10.6. The van der Waals surface area contributed by atoms with Crippen LogP contribution < -0.4 is 10.8 Å². The molecule has 0 aliphatic rings. The number of aliphatic hydroxyl groups excluding tert-OH is 2. The lowest BCUT2D eigenvalue weighted by Gasteiger charge is -2.37. The minimum absolute atomic E-state index is 0.0159. The van der Waals surface area contributed by atoms with Gasteiger partial charge in [0.2, 0.25) is 0 Å². The number of carbonyl (C=O) groups is 1. The molecule has 0 rings (SSSR count). The molecule has 0 saturated carbocycles. The summed E-state index contributed by atoms with van der Waals surface area (Å²) in [5.41, 5.74) is 2.52. The first-order chi connectivity index (χ1) is 13.9. The minimum Gasteiger partial charge on any atom is -0.396 e. The number of aliphatic hydroxyl groups is 2. The number of unbranched alkanes of at least 4 members (excludes halogenated alkanes) is 1. The highest BCUT2D eigenvalue weighted by atomic mass is 17.2. The van der Waals surface area contributed by atoms with Crippen molar-refractivity contribution in [2.45, 2.75) is 65.8 Å². The van der Waals surface area contributed by atoms with Gasteiger partial charge in [0, 0.05) is 32.4 Å². The third-order valence-corrected chi connectivity index (χ3v) is 4.35. The summed E-state index contributed by atoms with van der Waals surface area (Å²) in [5, 5.41) is 21.4. The molecule has 2 atom stereocenters. The highest BCUT2D eigenvalue weighted by Crippen LogP contribution is 2.29. The van der Waals surface area contributed by atoms with Crippen LogP contribution in [0.5, 0.6) is 0 Å². The summed E-state index contributed by atoms with van der Waals surface area (Å²) in [4.78, 5) is 27.5. The summed E-state index contributed by atoms with van der Waals surface area (Å²) in [6, 6.07) is -0.0951. The standard InChI is InChI=1S/C20H42N2O7/c1-5-6-9-22-29-18(25)15-17(8-11-24)19(20(2,3)4)21-16-28-27-14-13-26-12-7-10-23/h17,19,21-24H,5-16H2,1-4H3. The van der Waals surface area contributed by atoms with E-state index in [4.69, 9.17) is 24.5 Å². The highest BCUT2D eigenvalue weighted by Gasteiger charge is 2.33. The van der Waals surface area contributed by atoms with Crippen molar-refractivity contribution in [1.82, 2.24) is 10.8 Å². The fourth-order valence-electron chi connectivity index (χ4n) is 2.95.